The molecule has 0 rings (SSSR count). The van der Waals surface area contributed by atoms with Gasteiger partial charge in [0.1, 0.15) is 0 Å². The first-order valence-corrected chi connectivity index (χ1v) is 1.93. The van der Waals surface area contributed by atoms with Gasteiger partial charge in [0.15, 0.2) is 0 Å². The second-order valence-electron chi connectivity index (χ2n) is 0.0913. The van der Waals surface area contributed by atoms with Crippen LogP contribution >= 0.6 is 0 Å². The molecule has 0 saturated heterocycles. The summed E-state index contributed by atoms with van der Waals surface area (Å²) < 4.78 is 24.2. The van der Waals surface area contributed by atoms with Gasteiger partial charge in [-0.3, -0.25) is 0 Å². The molecule has 31 valence electrons. The van der Waals surface area contributed by atoms with Crippen molar-refractivity contribution < 1.29 is 36.4 Å². The van der Waals surface area contributed by atoms with Crippen LogP contribution in [0.25, 0.3) is 0 Å². The average molecular weight is 117 g/mol. The molecule has 5 heavy (non-hydrogen) atoms. The van der Waals surface area contributed by atoms with E-state index in [0.29, 0.717) is 0 Å². The molecular weight excluding hydrogens is 115 g/mol. The Hall–Kier alpha value is 0.364. The minimum absolute atomic E-state index is 1.75. The van der Waals surface area contributed by atoms with Gasteiger partial charge in [0.2, 0.25) is 0 Å². The van der Waals surface area contributed by atoms with Gasteiger partial charge in [-0.25, -0.2) is 5.31 Å². The van der Waals surface area contributed by atoms with Crippen molar-refractivity contribution in [1.82, 2.24) is 0 Å². The van der Waals surface area contributed by atoms with Crippen molar-refractivity contribution in [3.05, 3.63) is 0 Å². The summed E-state index contributed by atoms with van der Waals surface area (Å²) in [5.41, 5.74) is 0. The van der Waals surface area contributed by atoms with E-state index in [2.05, 4.69) is 0 Å². The van der Waals surface area contributed by atoms with Crippen LogP contribution in [-0.2, 0) is 22.8 Å². The van der Waals surface area contributed by atoms with Gasteiger partial charge in [0, 0.05) is 0 Å². The van der Waals surface area contributed by atoms with Crippen LogP contribution in [0.2, 0.25) is 0 Å². The number of hydrogen-bond acceptors (Lipinski definition) is 2. The number of hydrogen-bond donors (Lipinski definition) is 2. The third-order valence-electron chi connectivity index (χ3n) is 0. The molecule has 3 nitrogen and oxygen atoms in total. The van der Waals surface area contributed by atoms with Gasteiger partial charge in [-0.2, -0.15) is 0 Å². The molecular formula is H2FO3Ti. The van der Waals surface area contributed by atoms with Crippen LogP contribution in [0.5, 0.6) is 0 Å². The molecule has 0 aromatic carbocycles. The Kier molecular flexibility index (Phi) is 47.9. The van der Waals surface area contributed by atoms with Crippen LogP contribution in [0, 0.1) is 0 Å². The molecule has 0 atom stereocenters. The normalized spacial score (nSPS) is 3.00. The zero-order valence-corrected chi connectivity index (χ0v) is 3.74. The molecule has 0 aromatic rings. The van der Waals surface area contributed by atoms with E-state index in [1.165, 1.54) is 0 Å². The maximum absolute atomic E-state index is 8.61. The fraction of sp³-hybridized carbons (Fsp3) is 0. The van der Waals surface area contributed by atoms with Gasteiger partial charge < -0.3 is 0 Å². The number of halogens is 1. The van der Waals surface area contributed by atoms with Crippen LogP contribution < -0.4 is 0 Å². The van der Waals surface area contributed by atoms with Gasteiger partial charge in [0.25, 0.3) is 0 Å². The Bertz CT molecular complexity index is 14.4. The maximum atomic E-state index is 8.61. The first-order valence-electron chi connectivity index (χ1n) is 0.597. The standard InChI is InChI=1S/FHO.H2O.O.Ti/c1-2;;;/h2H;1H2;;/q;;;+1/p-1. The van der Waals surface area contributed by atoms with Crippen molar-refractivity contribution in [2.75, 3.05) is 0 Å². The van der Waals surface area contributed by atoms with E-state index in [0.717, 1.165) is 0 Å². The second-order valence-corrected chi connectivity index (χ2v) is 0.376. The Balaban J connectivity index is 0. The van der Waals surface area contributed by atoms with Crippen molar-refractivity contribution in [2.24, 2.45) is 0 Å². The molecule has 0 aromatic heterocycles. The average Bonchev–Trinajstić information content (AvgIpc) is 1.46. The van der Waals surface area contributed by atoms with Crippen molar-refractivity contribution in [1.29, 1.82) is 0 Å². The van der Waals surface area contributed by atoms with Crippen molar-refractivity contribution in [3.8, 4) is 0 Å². The summed E-state index contributed by atoms with van der Waals surface area (Å²) in [4.78, 5) is 0. The third kappa shape index (κ3) is 184. The summed E-state index contributed by atoms with van der Waals surface area (Å²) in [6.07, 6.45) is 0. The Labute approximate surface area is 37.1 Å². The van der Waals surface area contributed by atoms with Gasteiger partial charge in [-0.15, -0.1) is 0 Å². The predicted molar refractivity (Wildman–Crippen MR) is 6.23 cm³/mol. The molecule has 0 heterocycles. The zero-order valence-electron chi connectivity index (χ0n) is 2.18. The zero-order chi connectivity index (χ0) is 4.71. The fourth-order valence-corrected chi connectivity index (χ4v) is 0. The molecule has 0 fully saturated rings. The monoisotopic (exact) mass is 117 g/mol. The number of rotatable bonds is 0. The fourth-order valence-electron chi connectivity index (χ4n) is 0. The Morgan fingerprint density at radius 1 is 1.60 bits per heavy atom. The molecule has 0 spiro atoms. The molecule has 2 N–H and O–H groups in total. The Morgan fingerprint density at radius 2 is 1.60 bits per heavy atom. The Morgan fingerprint density at radius 3 is 1.60 bits per heavy atom. The molecule has 0 aliphatic heterocycles. The molecule has 0 aliphatic carbocycles. The van der Waals surface area contributed by atoms with E-state index >= 15 is 0 Å². The molecule has 0 aliphatic rings. The van der Waals surface area contributed by atoms with Gasteiger partial charge in [0.05, 0.1) is 0 Å². The summed E-state index contributed by atoms with van der Waals surface area (Å²) in [5.74, 6) is 0. The van der Waals surface area contributed by atoms with Crippen LogP contribution in [-0.4, -0.2) is 9.00 Å². The summed E-state index contributed by atoms with van der Waals surface area (Å²) in [6.45, 7) is 0. The van der Waals surface area contributed by atoms with Crippen LogP contribution in [0.1, 0.15) is 0 Å². The topological polar surface area (TPSA) is 57.5 Å². The van der Waals surface area contributed by atoms with E-state index in [1.54, 1.807) is 0 Å². The first-order chi connectivity index (χ1) is 2.41. The molecule has 0 unspecified atom stereocenters. The second kappa shape index (κ2) is 26.5. The van der Waals surface area contributed by atoms with E-state index in [1.807, 2.05) is 0 Å². The quantitative estimate of drug-likeness (QED) is 0.407. The van der Waals surface area contributed by atoms with Gasteiger partial charge in [-0.1, -0.05) is 4.53 Å². The predicted octanol–water partition coefficient (Wildman–Crippen LogP) is -0.815. The van der Waals surface area contributed by atoms with Crippen LogP contribution in [0.15, 0.2) is 0 Å². The molecule has 0 saturated carbocycles. The van der Waals surface area contributed by atoms with Crippen molar-refractivity contribution in [2.45, 2.75) is 0 Å². The SMILES string of the molecule is OF.[O]=[Ti][OH]. The van der Waals surface area contributed by atoms with E-state index < -0.39 is 19.5 Å². The molecule has 0 bridgehead atoms. The van der Waals surface area contributed by atoms with E-state index in [9.17, 15) is 0 Å². The summed E-state index contributed by atoms with van der Waals surface area (Å²) in [5, 5.41) is 5.50. The molecule has 5 heteroatoms. The van der Waals surface area contributed by atoms with Crippen molar-refractivity contribution in [3.63, 3.8) is 0 Å². The third-order valence-corrected chi connectivity index (χ3v) is 0. The van der Waals surface area contributed by atoms with E-state index in [-0.39, 0.29) is 0 Å². The van der Waals surface area contributed by atoms with Gasteiger partial charge in [-0.05, 0) is 0 Å². The molecule has 0 amide bonds. The van der Waals surface area contributed by atoms with Crippen molar-refractivity contribution >= 4 is 0 Å². The molecule has 0 radical (unpaired) electrons. The summed E-state index contributed by atoms with van der Waals surface area (Å²) >= 11 is -1.75. The van der Waals surface area contributed by atoms with E-state index in [4.69, 9.17) is 16.8 Å². The first kappa shape index (κ1) is 9.03. The summed E-state index contributed by atoms with van der Waals surface area (Å²) in [7, 11) is 0. The van der Waals surface area contributed by atoms with Crippen LogP contribution in [0.3, 0.4) is 0 Å². The summed E-state index contributed by atoms with van der Waals surface area (Å²) in [6, 6.07) is 0. The minimum atomic E-state index is -1.75. The van der Waals surface area contributed by atoms with Crippen LogP contribution in [0.4, 0.5) is 4.53 Å². The van der Waals surface area contributed by atoms with Gasteiger partial charge >= 0.3 is 26.5 Å².